The van der Waals surface area contributed by atoms with Gasteiger partial charge in [-0.05, 0) is 7.05 Å². The molecule has 0 atom stereocenters. The Labute approximate surface area is 71.8 Å². The molecular weight excluding hydrogens is 156 g/mol. The zero-order valence-corrected chi connectivity index (χ0v) is 7.29. The summed E-state index contributed by atoms with van der Waals surface area (Å²) in [5, 5.41) is 8.58. The van der Waals surface area contributed by atoms with Crippen LogP contribution in [-0.2, 0) is 4.79 Å². The lowest BCUT2D eigenvalue weighted by Crippen LogP contribution is -2.72. The molecule has 2 aliphatic heterocycles. The van der Waals surface area contributed by atoms with Gasteiger partial charge in [0.2, 0.25) is 5.91 Å². The average molecular weight is 170 g/mol. The molecule has 2 rings (SSSR count). The molecule has 0 bridgehead atoms. The quantitative estimate of drug-likeness (QED) is 0.535. The third-order valence-corrected chi connectivity index (χ3v) is 2.75. The summed E-state index contributed by atoms with van der Waals surface area (Å²) in [7, 11) is 2.09. The van der Waals surface area contributed by atoms with Gasteiger partial charge in [-0.3, -0.25) is 4.79 Å². The highest BCUT2D eigenvalue weighted by atomic mass is 16.3. The van der Waals surface area contributed by atoms with Gasteiger partial charge in [0.15, 0.2) is 0 Å². The van der Waals surface area contributed by atoms with Gasteiger partial charge in [0.1, 0.15) is 6.61 Å². The molecular formula is C8H14N2O2. The second-order valence-electron chi connectivity index (χ2n) is 4.08. The predicted molar refractivity (Wildman–Crippen MR) is 43.6 cm³/mol. The Hall–Kier alpha value is -0.610. The van der Waals surface area contributed by atoms with Gasteiger partial charge in [0.25, 0.3) is 0 Å². The van der Waals surface area contributed by atoms with Crippen molar-refractivity contribution in [1.29, 1.82) is 0 Å². The molecule has 68 valence electrons. The van der Waals surface area contributed by atoms with Gasteiger partial charge in [0, 0.05) is 31.6 Å². The van der Waals surface area contributed by atoms with Gasteiger partial charge in [-0.25, -0.2) is 0 Å². The van der Waals surface area contributed by atoms with Gasteiger partial charge >= 0.3 is 0 Å². The molecule has 4 heteroatoms. The number of amides is 1. The number of hydrogen-bond donors (Lipinski definition) is 1. The molecule has 0 unspecified atom stereocenters. The number of aliphatic hydroxyl groups excluding tert-OH is 1. The fourth-order valence-electron chi connectivity index (χ4n) is 2.34. The molecule has 2 aliphatic rings. The molecule has 2 fully saturated rings. The van der Waals surface area contributed by atoms with Crippen LogP contribution in [0, 0.1) is 5.41 Å². The van der Waals surface area contributed by atoms with Gasteiger partial charge < -0.3 is 14.9 Å². The minimum Gasteiger partial charge on any atom is -0.387 e. The van der Waals surface area contributed by atoms with E-state index in [1.54, 1.807) is 4.90 Å². The van der Waals surface area contributed by atoms with E-state index in [1.165, 1.54) is 0 Å². The van der Waals surface area contributed by atoms with Crippen LogP contribution in [0.4, 0.5) is 0 Å². The summed E-state index contributed by atoms with van der Waals surface area (Å²) < 4.78 is 0. The Morgan fingerprint density at radius 2 is 2.00 bits per heavy atom. The van der Waals surface area contributed by atoms with Crippen LogP contribution >= 0.6 is 0 Å². The molecule has 4 nitrogen and oxygen atoms in total. The maximum absolute atomic E-state index is 11.0. The van der Waals surface area contributed by atoms with Gasteiger partial charge in [-0.1, -0.05) is 0 Å². The van der Waals surface area contributed by atoms with E-state index in [0.717, 1.165) is 26.2 Å². The fourth-order valence-corrected chi connectivity index (χ4v) is 2.34. The van der Waals surface area contributed by atoms with Crippen molar-refractivity contribution in [3.05, 3.63) is 0 Å². The number of nitrogens with zero attached hydrogens (tertiary/aromatic N) is 2. The van der Waals surface area contributed by atoms with Crippen LogP contribution in [0.1, 0.15) is 0 Å². The van der Waals surface area contributed by atoms with Gasteiger partial charge in [-0.15, -0.1) is 0 Å². The number of carbonyl (C=O) groups is 1. The van der Waals surface area contributed by atoms with Crippen LogP contribution in [0.15, 0.2) is 0 Å². The molecule has 0 aromatic rings. The van der Waals surface area contributed by atoms with E-state index in [2.05, 4.69) is 11.9 Å². The lowest BCUT2D eigenvalue weighted by molar-refractivity contribution is -0.159. The summed E-state index contributed by atoms with van der Waals surface area (Å²) >= 11 is 0. The fraction of sp³-hybridized carbons (Fsp3) is 0.875. The Balaban J connectivity index is 1.81. The summed E-state index contributed by atoms with van der Waals surface area (Å²) in [6.07, 6.45) is 0. The van der Waals surface area contributed by atoms with Crippen molar-refractivity contribution >= 4 is 5.91 Å². The highest BCUT2D eigenvalue weighted by Gasteiger charge is 2.51. The summed E-state index contributed by atoms with van der Waals surface area (Å²) in [6.45, 7) is 3.55. The standard InChI is InChI=1S/C8H14N2O2/c1-9-3-8(4-9)5-10(6-8)7(12)2-11/h11H,2-6H2,1H3. The lowest BCUT2D eigenvalue weighted by atomic mass is 9.73. The number of carbonyl (C=O) groups excluding carboxylic acids is 1. The van der Waals surface area contributed by atoms with E-state index >= 15 is 0 Å². The van der Waals surface area contributed by atoms with Crippen molar-refractivity contribution in [2.75, 3.05) is 39.8 Å². The summed E-state index contributed by atoms with van der Waals surface area (Å²) in [6, 6.07) is 0. The monoisotopic (exact) mass is 170 g/mol. The van der Waals surface area contributed by atoms with E-state index in [0.29, 0.717) is 5.41 Å². The number of aliphatic hydroxyl groups is 1. The SMILES string of the molecule is CN1CC2(C1)CN(C(=O)CO)C2. The van der Waals surface area contributed by atoms with Crippen molar-refractivity contribution in [2.24, 2.45) is 5.41 Å². The summed E-state index contributed by atoms with van der Waals surface area (Å²) in [5.74, 6) is -0.129. The van der Waals surface area contributed by atoms with E-state index in [9.17, 15) is 4.79 Å². The highest BCUT2D eigenvalue weighted by molar-refractivity contribution is 5.78. The number of hydrogen-bond acceptors (Lipinski definition) is 3. The van der Waals surface area contributed by atoms with Crippen molar-refractivity contribution in [2.45, 2.75) is 0 Å². The first-order chi connectivity index (χ1) is 5.65. The van der Waals surface area contributed by atoms with Crippen LogP contribution in [0.5, 0.6) is 0 Å². The van der Waals surface area contributed by atoms with Crippen LogP contribution < -0.4 is 0 Å². The molecule has 2 saturated heterocycles. The Morgan fingerprint density at radius 3 is 2.42 bits per heavy atom. The van der Waals surface area contributed by atoms with Gasteiger partial charge in [-0.2, -0.15) is 0 Å². The first kappa shape index (κ1) is 8.01. The number of likely N-dealkylation sites (tertiary alicyclic amines) is 2. The van der Waals surface area contributed by atoms with E-state index in [1.807, 2.05) is 0 Å². The van der Waals surface area contributed by atoms with Crippen LogP contribution in [0.2, 0.25) is 0 Å². The molecule has 2 heterocycles. The molecule has 0 aromatic heterocycles. The molecule has 0 radical (unpaired) electrons. The molecule has 0 saturated carbocycles. The summed E-state index contributed by atoms with van der Waals surface area (Å²) in [4.78, 5) is 14.9. The summed E-state index contributed by atoms with van der Waals surface area (Å²) in [5.41, 5.74) is 0.388. The Bertz CT molecular complexity index is 203. The smallest absolute Gasteiger partial charge is 0.248 e. The topological polar surface area (TPSA) is 43.8 Å². The molecule has 1 N–H and O–H groups in total. The minimum absolute atomic E-state index is 0.129. The molecule has 0 aliphatic carbocycles. The van der Waals surface area contributed by atoms with E-state index in [-0.39, 0.29) is 12.5 Å². The molecule has 0 aromatic carbocycles. The van der Waals surface area contributed by atoms with Crippen LogP contribution in [-0.4, -0.2) is 60.6 Å². The van der Waals surface area contributed by atoms with Crippen molar-refractivity contribution in [1.82, 2.24) is 9.80 Å². The normalized spacial score (nSPS) is 26.7. The van der Waals surface area contributed by atoms with Gasteiger partial charge in [0.05, 0.1) is 0 Å². The lowest BCUT2D eigenvalue weighted by Gasteiger charge is -2.59. The second-order valence-corrected chi connectivity index (χ2v) is 4.08. The minimum atomic E-state index is -0.341. The van der Waals surface area contributed by atoms with E-state index < -0.39 is 0 Å². The maximum atomic E-state index is 11.0. The first-order valence-corrected chi connectivity index (χ1v) is 4.22. The molecule has 1 spiro atoms. The third kappa shape index (κ3) is 1.03. The average Bonchev–Trinajstić information content (AvgIpc) is 1.92. The Kier molecular flexibility index (Phi) is 1.63. The molecule has 1 amide bonds. The zero-order valence-electron chi connectivity index (χ0n) is 7.29. The highest BCUT2D eigenvalue weighted by Crippen LogP contribution is 2.38. The predicted octanol–water partition coefficient (Wildman–Crippen LogP) is -1.25. The van der Waals surface area contributed by atoms with Crippen molar-refractivity contribution in [3.8, 4) is 0 Å². The third-order valence-electron chi connectivity index (χ3n) is 2.75. The largest absolute Gasteiger partial charge is 0.387 e. The van der Waals surface area contributed by atoms with Crippen molar-refractivity contribution < 1.29 is 9.90 Å². The van der Waals surface area contributed by atoms with Crippen LogP contribution in [0.25, 0.3) is 0 Å². The zero-order chi connectivity index (χ0) is 8.77. The molecule has 12 heavy (non-hydrogen) atoms. The first-order valence-electron chi connectivity index (χ1n) is 4.22. The second kappa shape index (κ2) is 2.44. The van der Waals surface area contributed by atoms with E-state index in [4.69, 9.17) is 5.11 Å². The van der Waals surface area contributed by atoms with Crippen molar-refractivity contribution in [3.63, 3.8) is 0 Å². The number of rotatable bonds is 1. The Morgan fingerprint density at radius 1 is 1.42 bits per heavy atom. The van der Waals surface area contributed by atoms with Crippen LogP contribution in [0.3, 0.4) is 0 Å². The maximum Gasteiger partial charge on any atom is 0.248 e.